The van der Waals surface area contributed by atoms with Gasteiger partial charge in [-0.2, -0.15) is 0 Å². The van der Waals surface area contributed by atoms with E-state index >= 15 is 0 Å². The van der Waals surface area contributed by atoms with Crippen molar-refractivity contribution < 1.29 is 42.4 Å². The van der Waals surface area contributed by atoms with Crippen molar-refractivity contribution >= 4 is 25.7 Å². The standard InChI is InChI=1S/C43H85N2O9P.C8H19N.CH4/c1-3-5-7-9-11-13-15-17-19-21-23-25-29-33-42(47)51-38-40(39-53-55(49,50)52-37-36-45-41(46)32-28-27-31-35-44)54-43(48)34-30-26-24-22-20-18-16-14-12-10-8-6-4-2;1-6-9(7(2)3)8(4)5;/h40H,3-39,44H2,1-2H3,(H,45,46)(H,49,50);7-8H,6H2,1-5H3;1H4/t40-;;/m0../s1. The molecular weight excluding hydrogens is 842 g/mol. The monoisotopic (exact) mass is 950 g/mol. The third kappa shape index (κ3) is 50.2. The Balaban J connectivity index is -0.00000344. The molecule has 0 aliphatic heterocycles. The van der Waals surface area contributed by atoms with Crippen molar-refractivity contribution in [3.63, 3.8) is 0 Å². The summed E-state index contributed by atoms with van der Waals surface area (Å²) < 4.78 is 33.6. The second-order valence-corrected chi connectivity index (χ2v) is 19.8. The van der Waals surface area contributed by atoms with Gasteiger partial charge in [0.05, 0.1) is 13.2 Å². The second-order valence-electron chi connectivity index (χ2n) is 18.3. The van der Waals surface area contributed by atoms with Crippen LogP contribution in [-0.2, 0) is 37.5 Å². The van der Waals surface area contributed by atoms with Crippen LogP contribution in [0.15, 0.2) is 0 Å². The summed E-state index contributed by atoms with van der Waals surface area (Å²) in [6.07, 6.45) is 33.5. The van der Waals surface area contributed by atoms with Crippen molar-refractivity contribution in [2.45, 2.75) is 280 Å². The van der Waals surface area contributed by atoms with Crippen LogP contribution in [0.3, 0.4) is 0 Å². The molecule has 0 spiro atoms. The number of carbonyl (C=O) groups excluding carboxylic acids is 3. The Morgan fingerprint density at radius 2 is 0.938 bits per heavy atom. The zero-order valence-electron chi connectivity index (χ0n) is 42.8. The first-order chi connectivity index (χ1) is 30.8. The van der Waals surface area contributed by atoms with E-state index in [0.717, 1.165) is 64.3 Å². The first-order valence-corrected chi connectivity index (χ1v) is 28.0. The first kappa shape index (κ1) is 67.7. The molecule has 13 heteroatoms. The normalized spacial score (nSPS) is 12.7. The van der Waals surface area contributed by atoms with Gasteiger partial charge in [0.1, 0.15) is 6.61 Å². The van der Waals surface area contributed by atoms with E-state index in [4.69, 9.17) is 24.3 Å². The molecule has 0 heterocycles. The van der Waals surface area contributed by atoms with Gasteiger partial charge in [0.2, 0.25) is 5.91 Å². The van der Waals surface area contributed by atoms with E-state index in [-0.39, 0.29) is 45.9 Å². The number of phosphoric ester groups is 1. The molecule has 65 heavy (non-hydrogen) atoms. The minimum absolute atomic E-state index is 0. The first-order valence-electron chi connectivity index (χ1n) is 26.5. The van der Waals surface area contributed by atoms with Gasteiger partial charge in [-0.05, 0) is 66.5 Å². The number of rotatable bonds is 46. The Bertz CT molecular complexity index is 1090. The molecule has 0 aliphatic carbocycles. The number of phosphoric acid groups is 1. The topological polar surface area (TPSA) is 167 Å². The third-order valence-electron chi connectivity index (χ3n) is 11.6. The van der Waals surface area contributed by atoms with E-state index in [2.05, 4.69) is 58.7 Å². The molecule has 1 unspecified atom stereocenters. The van der Waals surface area contributed by atoms with Crippen molar-refractivity contribution in [2.24, 2.45) is 5.73 Å². The van der Waals surface area contributed by atoms with Gasteiger partial charge in [0, 0.05) is 37.9 Å². The van der Waals surface area contributed by atoms with Gasteiger partial charge in [-0.25, -0.2) is 4.57 Å². The van der Waals surface area contributed by atoms with Crippen LogP contribution < -0.4 is 11.1 Å². The summed E-state index contributed by atoms with van der Waals surface area (Å²) in [5.41, 5.74) is 5.47. The molecular formula is C52H108N3O9P. The van der Waals surface area contributed by atoms with Gasteiger partial charge in [0.25, 0.3) is 0 Å². The predicted octanol–water partition coefficient (Wildman–Crippen LogP) is 13.9. The molecule has 0 radical (unpaired) electrons. The maximum atomic E-state index is 12.7. The molecule has 0 fully saturated rings. The van der Waals surface area contributed by atoms with E-state index in [0.29, 0.717) is 31.5 Å². The second kappa shape index (κ2) is 50.3. The van der Waals surface area contributed by atoms with Crippen molar-refractivity contribution in [3.05, 3.63) is 0 Å². The number of unbranched alkanes of at least 4 members (excludes halogenated alkanes) is 26. The van der Waals surface area contributed by atoms with Gasteiger partial charge in [-0.15, -0.1) is 0 Å². The fourth-order valence-corrected chi connectivity index (χ4v) is 8.53. The van der Waals surface area contributed by atoms with Crippen LogP contribution in [0.1, 0.15) is 261 Å². The van der Waals surface area contributed by atoms with E-state index in [1.807, 2.05) is 0 Å². The lowest BCUT2D eigenvalue weighted by atomic mass is 10.0. The number of ether oxygens (including phenoxy) is 2. The zero-order valence-corrected chi connectivity index (χ0v) is 43.7. The Morgan fingerprint density at radius 3 is 1.32 bits per heavy atom. The van der Waals surface area contributed by atoms with Crippen LogP contribution in [0.4, 0.5) is 0 Å². The highest BCUT2D eigenvalue weighted by molar-refractivity contribution is 7.47. The van der Waals surface area contributed by atoms with Crippen LogP contribution in [0, 0.1) is 0 Å². The Hall–Kier alpha value is -1.56. The van der Waals surface area contributed by atoms with E-state index in [1.54, 1.807) is 0 Å². The van der Waals surface area contributed by atoms with Gasteiger partial charge < -0.3 is 25.4 Å². The minimum Gasteiger partial charge on any atom is -0.462 e. The van der Waals surface area contributed by atoms with Gasteiger partial charge in [-0.3, -0.25) is 28.3 Å². The molecule has 0 aromatic heterocycles. The summed E-state index contributed by atoms with van der Waals surface area (Å²) in [5.74, 6) is -1.04. The lowest BCUT2D eigenvalue weighted by molar-refractivity contribution is -0.161. The molecule has 0 aliphatic rings. The number of nitrogens with two attached hydrogens (primary N) is 1. The molecule has 2 atom stereocenters. The summed E-state index contributed by atoms with van der Waals surface area (Å²) in [7, 11) is -4.52. The fourth-order valence-electron chi connectivity index (χ4n) is 7.78. The zero-order chi connectivity index (χ0) is 47.9. The SMILES string of the molecule is C.CCCCCCCCCCCCCCCC(=O)OC[C@@H](COP(=O)(O)OCCNC(=O)CCCCCN)OC(=O)CCCCCCCCCCCCCCC.CCN(C(C)C)C(C)C. The maximum absolute atomic E-state index is 12.7. The predicted molar refractivity (Wildman–Crippen MR) is 273 cm³/mol. The molecule has 0 bridgehead atoms. The molecule has 0 rings (SSSR count). The molecule has 4 N–H and O–H groups in total. The summed E-state index contributed by atoms with van der Waals surface area (Å²) >= 11 is 0. The fraction of sp³-hybridized carbons (Fsp3) is 0.942. The van der Waals surface area contributed by atoms with Gasteiger partial charge in [0.15, 0.2) is 6.10 Å². The van der Waals surface area contributed by atoms with Crippen molar-refractivity contribution in [1.82, 2.24) is 10.2 Å². The molecule has 0 aromatic rings. The molecule has 12 nitrogen and oxygen atoms in total. The molecule has 0 saturated heterocycles. The number of hydrogen-bond acceptors (Lipinski definition) is 10. The van der Waals surface area contributed by atoms with Crippen LogP contribution in [0.25, 0.3) is 0 Å². The Kier molecular flexibility index (Phi) is 52.4. The number of hydrogen-bond donors (Lipinski definition) is 3. The molecule has 0 saturated carbocycles. The highest BCUT2D eigenvalue weighted by Gasteiger charge is 2.26. The maximum Gasteiger partial charge on any atom is 0.472 e. The quantitative estimate of drug-likeness (QED) is 0.0302. The lowest BCUT2D eigenvalue weighted by Crippen LogP contribution is -2.36. The van der Waals surface area contributed by atoms with Crippen molar-refractivity contribution in [1.29, 1.82) is 0 Å². The summed E-state index contributed by atoms with van der Waals surface area (Å²) in [6, 6.07) is 1.38. The third-order valence-corrected chi connectivity index (χ3v) is 12.6. The van der Waals surface area contributed by atoms with E-state index in [9.17, 15) is 23.8 Å². The van der Waals surface area contributed by atoms with Crippen LogP contribution >= 0.6 is 7.82 Å². The molecule has 1 amide bonds. The summed E-state index contributed by atoms with van der Waals surface area (Å²) in [5, 5.41) is 2.64. The van der Waals surface area contributed by atoms with E-state index < -0.39 is 32.5 Å². The number of carbonyl (C=O) groups is 3. The average Bonchev–Trinajstić information content (AvgIpc) is 3.25. The minimum atomic E-state index is -4.52. The van der Waals surface area contributed by atoms with Crippen LogP contribution in [0.2, 0.25) is 0 Å². The largest absolute Gasteiger partial charge is 0.472 e. The number of nitrogens with one attached hydrogen (secondary N) is 1. The summed E-state index contributed by atoms with van der Waals surface area (Å²) in [4.78, 5) is 49.8. The van der Waals surface area contributed by atoms with E-state index in [1.165, 1.54) is 122 Å². The smallest absolute Gasteiger partial charge is 0.462 e. The average molecular weight is 950 g/mol. The molecule has 0 aromatic carbocycles. The highest BCUT2D eigenvalue weighted by atomic mass is 31.2. The number of amides is 1. The summed E-state index contributed by atoms with van der Waals surface area (Å²) in [6.45, 7) is 16.5. The molecule has 390 valence electrons. The van der Waals surface area contributed by atoms with Crippen LogP contribution in [0.5, 0.6) is 0 Å². The van der Waals surface area contributed by atoms with Crippen LogP contribution in [-0.4, -0.2) is 85.3 Å². The Morgan fingerprint density at radius 1 is 0.554 bits per heavy atom. The highest BCUT2D eigenvalue weighted by Crippen LogP contribution is 2.43. The van der Waals surface area contributed by atoms with Crippen molar-refractivity contribution in [3.8, 4) is 0 Å². The lowest BCUT2D eigenvalue weighted by Gasteiger charge is -2.28. The number of esters is 2. The number of nitrogens with zero attached hydrogens (tertiary/aromatic N) is 1. The Labute approximate surface area is 401 Å². The van der Waals surface area contributed by atoms with Gasteiger partial charge in [-0.1, -0.05) is 189 Å². The van der Waals surface area contributed by atoms with Crippen molar-refractivity contribution in [2.75, 3.05) is 39.5 Å². The van der Waals surface area contributed by atoms with Gasteiger partial charge >= 0.3 is 19.8 Å².